The molecule has 9 heteroatoms. The molecule has 1 amide bonds. The summed E-state index contributed by atoms with van der Waals surface area (Å²) in [5.74, 6) is 0.515. The Labute approximate surface area is 186 Å². The van der Waals surface area contributed by atoms with Gasteiger partial charge in [0.1, 0.15) is 5.82 Å². The Kier molecular flexibility index (Phi) is 6.05. The zero-order valence-corrected chi connectivity index (χ0v) is 18.3. The number of hydrogen-bond donors (Lipinski definition) is 2. The number of carbonyl (C=O) groups is 1. The maximum Gasteiger partial charge on any atom is 0.274 e. The Bertz CT molecular complexity index is 1160. The number of nitriles is 1. The van der Waals surface area contributed by atoms with Crippen LogP contribution in [-0.4, -0.2) is 40.6 Å². The van der Waals surface area contributed by atoms with Gasteiger partial charge in [0, 0.05) is 38.0 Å². The molecule has 3 aromatic rings. The Hall–Kier alpha value is -3.90. The molecular formula is C23H25N7O2. The van der Waals surface area contributed by atoms with Crippen molar-refractivity contribution < 1.29 is 9.53 Å². The van der Waals surface area contributed by atoms with E-state index in [2.05, 4.69) is 26.8 Å². The van der Waals surface area contributed by atoms with Crippen LogP contribution in [0.2, 0.25) is 0 Å². The number of nitrogens with one attached hydrogen (secondary N) is 2. The molecule has 0 fully saturated rings. The van der Waals surface area contributed by atoms with Crippen molar-refractivity contribution in [1.29, 1.82) is 5.26 Å². The van der Waals surface area contributed by atoms with Crippen molar-refractivity contribution in [3.8, 4) is 6.07 Å². The number of pyridine rings is 1. The Morgan fingerprint density at radius 2 is 2.06 bits per heavy atom. The molecule has 0 saturated carbocycles. The molecule has 1 aromatic carbocycles. The van der Waals surface area contributed by atoms with Gasteiger partial charge >= 0.3 is 0 Å². The molecule has 0 saturated heterocycles. The van der Waals surface area contributed by atoms with E-state index >= 15 is 0 Å². The SMILES string of the molecule is CCOC1C(=O)Nc2c(cc(NCc3cnn(Cc4ccc(C#N)cc4)c3)nc2C)N1C. The summed E-state index contributed by atoms with van der Waals surface area (Å²) in [4.78, 5) is 18.7. The zero-order valence-electron chi connectivity index (χ0n) is 18.3. The van der Waals surface area contributed by atoms with Gasteiger partial charge in [0.15, 0.2) is 0 Å². The molecular weight excluding hydrogens is 406 g/mol. The average molecular weight is 432 g/mol. The second-order valence-electron chi connectivity index (χ2n) is 7.60. The van der Waals surface area contributed by atoms with Crippen molar-refractivity contribution in [2.24, 2.45) is 0 Å². The predicted octanol–water partition coefficient (Wildman–Crippen LogP) is 2.87. The lowest BCUT2D eigenvalue weighted by Gasteiger charge is -2.35. The standard InChI is InChI=1S/C23H25N7O2/c1-4-32-23-22(31)28-21-15(2)27-20(9-19(21)29(23)3)25-11-18-12-26-30(14-18)13-17-7-5-16(10-24)6-8-17/h5-9,12,14,23H,4,11,13H2,1-3H3,(H,25,27)(H,28,31). The van der Waals surface area contributed by atoms with Gasteiger partial charge in [0.2, 0.25) is 6.23 Å². The van der Waals surface area contributed by atoms with E-state index in [1.54, 1.807) is 12.1 Å². The molecule has 0 bridgehead atoms. The minimum Gasteiger partial charge on any atom is -0.366 e. The minimum atomic E-state index is -0.664. The van der Waals surface area contributed by atoms with Gasteiger partial charge < -0.3 is 20.3 Å². The summed E-state index contributed by atoms with van der Waals surface area (Å²) in [6.07, 6.45) is 3.13. The molecule has 164 valence electrons. The fraction of sp³-hybridized carbons (Fsp3) is 0.304. The average Bonchev–Trinajstić information content (AvgIpc) is 3.24. The van der Waals surface area contributed by atoms with E-state index in [0.717, 1.165) is 22.5 Å². The number of hydrogen-bond acceptors (Lipinski definition) is 7. The van der Waals surface area contributed by atoms with Crippen LogP contribution in [0.4, 0.5) is 17.2 Å². The molecule has 0 radical (unpaired) electrons. The third-order valence-electron chi connectivity index (χ3n) is 5.30. The first kappa shape index (κ1) is 21.3. The summed E-state index contributed by atoms with van der Waals surface area (Å²) >= 11 is 0. The molecule has 2 aromatic heterocycles. The zero-order chi connectivity index (χ0) is 22.7. The number of ether oxygens (including phenoxy) is 1. The minimum absolute atomic E-state index is 0.192. The van der Waals surface area contributed by atoms with Gasteiger partial charge in [-0.3, -0.25) is 9.48 Å². The van der Waals surface area contributed by atoms with Crippen LogP contribution < -0.4 is 15.5 Å². The molecule has 9 nitrogen and oxygen atoms in total. The van der Waals surface area contributed by atoms with E-state index in [4.69, 9.17) is 10.00 Å². The second-order valence-corrected chi connectivity index (χ2v) is 7.60. The highest BCUT2D eigenvalue weighted by molar-refractivity contribution is 6.03. The van der Waals surface area contributed by atoms with E-state index in [1.807, 2.05) is 61.1 Å². The van der Waals surface area contributed by atoms with Gasteiger partial charge in [-0.1, -0.05) is 12.1 Å². The summed E-state index contributed by atoms with van der Waals surface area (Å²) in [5, 5.41) is 19.6. The number of aromatic nitrogens is 3. The van der Waals surface area contributed by atoms with Crippen molar-refractivity contribution >= 4 is 23.1 Å². The molecule has 4 rings (SSSR count). The molecule has 3 heterocycles. The summed E-state index contributed by atoms with van der Waals surface area (Å²) in [6, 6.07) is 11.5. The van der Waals surface area contributed by atoms with E-state index < -0.39 is 6.23 Å². The summed E-state index contributed by atoms with van der Waals surface area (Å²) in [5.41, 5.74) is 5.03. The number of fused-ring (bicyclic) bond motifs is 1. The van der Waals surface area contributed by atoms with Gasteiger partial charge in [0.05, 0.1) is 41.4 Å². The van der Waals surface area contributed by atoms with Gasteiger partial charge in [0.25, 0.3) is 5.91 Å². The third kappa shape index (κ3) is 4.40. The number of rotatable bonds is 7. The van der Waals surface area contributed by atoms with E-state index in [0.29, 0.717) is 36.8 Å². The molecule has 1 unspecified atom stereocenters. The van der Waals surface area contributed by atoms with Crippen LogP contribution in [0.3, 0.4) is 0 Å². The highest BCUT2D eigenvalue weighted by Crippen LogP contribution is 2.35. The number of amides is 1. The van der Waals surface area contributed by atoms with Crippen molar-refractivity contribution in [3.05, 3.63) is 65.1 Å². The topological polar surface area (TPSA) is 108 Å². The first-order valence-electron chi connectivity index (χ1n) is 10.4. The Morgan fingerprint density at radius 1 is 1.28 bits per heavy atom. The highest BCUT2D eigenvalue weighted by atomic mass is 16.5. The lowest BCUT2D eigenvalue weighted by molar-refractivity contribution is -0.127. The van der Waals surface area contributed by atoms with Crippen molar-refractivity contribution in [1.82, 2.24) is 14.8 Å². The van der Waals surface area contributed by atoms with Gasteiger partial charge in [-0.05, 0) is 31.5 Å². The van der Waals surface area contributed by atoms with Gasteiger partial charge in [-0.2, -0.15) is 10.4 Å². The third-order valence-corrected chi connectivity index (χ3v) is 5.30. The fourth-order valence-corrected chi connectivity index (χ4v) is 3.66. The maximum atomic E-state index is 12.3. The molecule has 0 spiro atoms. The number of anilines is 3. The molecule has 32 heavy (non-hydrogen) atoms. The molecule has 1 atom stereocenters. The lowest BCUT2D eigenvalue weighted by atomic mass is 10.1. The van der Waals surface area contributed by atoms with Crippen LogP contribution in [0, 0.1) is 18.3 Å². The Morgan fingerprint density at radius 3 is 2.78 bits per heavy atom. The predicted molar refractivity (Wildman–Crippen MR) is 121 cm³/mol. The van der Waals surface area contributed by atoms with Crippen LogP contribution in [0.15, 0.2) is 42.7 Å². The van der Waals surface area contributed by atoms with Crippen molar-refractivity contribution in [3.63, 3.8) is 0 Å². The number of benzene rings is 1. The fourth-order valence-electron chi connectivity index (χ4n) is 3.66. The lowest BCUT2D eigenvalue weighted by Crippen LogP contribution is -2.48. The number of aryl methyl sites for hydroxylation is 1. The van der Waals surface area contributed by atoms with Crippen LogP contribution >= 0.6 is 0 Å². The van der Waals surface area contributed by atoms with Crippen LogP contribution in [0.25, 0.3) is 0 Å². The smallest absolute Gasteiger partial charge is 0.274 e. The monoisotopic (exact) mass is 431 g/mol. The van der Waals surface area contributed by atoms with Crippen molar-refractivity contribution in [2.45, 2.75) is 33.2 Å². The normalized spacial score (nSPS) is 15.1. The van der Waals surface area contributed by atoms with E-state index in [9.17, 15) is 4.79 Å². The quantitative estimate of drug-likeness (QED) is 0.592. The largest absolute Gasteiger partial charge is 0.366 e. The van der Waals surface area contributed by atoms with E-state index in [-0.39, 0.29) is 5.91 Å². The molecule has 1 aliphatic heterocycles. The molecule has 1 aliphatic rings. The van der Waals surface area contributed by atoms with E-state index in [1.165, 1.54) is 0 Å². The molecule has 0 aliphatic carbocycles. The Balaban J connectivity index is 1.44. The number of likely N-dealkylation sites (N-methyl/N-ethyl adjacent to an activating group) is 1. The summed E-state index contributed by atoms with van der Waals surface area (Å²) in [6.45, 7) is 5.37. The van der Waals surface area contributed by atoms with Crippen molar-refractivity contribution in [2.75, 3.05) is 29.2 Å². The first-order valence-corrected chi connectivity index (χ1v) is 10.4. The van der Waals surface area contributed by atoms with Gasteiger partial charge in [-0.25, -0.2) is 4.98 Å². The number of nitrogens with zero attached hydrogens (tertiary/aromatic N) is 5. The van der Waals surface area contributed by atoms with Gasteiger partial charge in [-0.15, -0.1) is 0 Å². The van der Waals surface area contributed by atoms with Crippen LogP contribution in [-0.2, 0) is 22.6 Å². The van der Waals surface area contributed by atoms with Crippen LogP contribution in [0.5, 0.6) is 0 Å². The summed E-state index contributed by atoms with van der Waals surface area (Å²) < 4.78 is 7.44. The molecule has 2 N–H and O–H groups in total. The maximum absolute atomic E-state index is 12.3. The first-order chi connectivity index (χ1) is 15.5. The highest BCUT2D eigenvalue weighted by Gasteiger charge is 2.32. The summed E-state index contributed by atoms with van der Waals surface area (Å²) in [7, 11) is 1.84. The van der Waals surface area contributed by atoms with Crippen LogP contribution in [0.1, 0.15) is 29.3 Å². The number of carbonyl (C=O) groups excluding carboxylic acids is 1. The second kappa shape index (κ2) is 9.08.